The van der Waals surface area contributed by atoms with Gasteiger partial charge in [0.05, 0.1) is 6.04 Å². The van der Waals surface area contributed by atoms with E-state index in [0.29, 0.717) is 5.57 Å². The van der Waals surface area contributed by atoms with Gasteiger partial charge in [0.1, 0.15) is 0 Å². The summed E-state index contributed by atoms with van der Waals surface area (Å²) in [6.07, 6.45) is 4.87. The van der Waals surface area contributed by atoms with Crippen LogP contribution in [0, 0.1) is 0 Å². The number of rotatable bonds is 1. The molecule has 102 valence electrons. The summed E-state index contributed by atoms with van der Waals surface area (Å²) in [5.74, 6) is -0.221. The summed E-state index contributed by atoms with van der Waals surface area (Å²) in [5, 5.41) is 4.51. The molecule has 1 aromatic heterocycles. The molecule has 1 aromatic carbocycles. The number of ether oxygens (including phenoxy) is 1. The van der Waals surface area contributed by atoms with E-state index in [4.69, 9.17) is 4.74 Å². The highest BCUT2D eigenvalue weighted by Gasteiger charge is 2.50. The van der Waals surface area contributed by atoms with E-state index in [1.165, 1.54) is 10.9 Å². The van der Waals surface area contributed by atoms with E-state index in [9.17, 15) is 4.79 Å². The fraction of sp³-hybridized carbons (Fsp3) is 0.312. The van der Waals surface area contributed by atoms with Crippen LogP contribution < -0.4 is 5.32 Å². The zero-order valence-corrected chi connectivity index (χ0v) is 11.5. The lowest BCUT2D eigenvalue weighted by Crippen LogP contribution is -2.50. The first kappa shape index (κ1) is 11.7. The van der Waals surface area contributed by atoms with E-state index >= 15 is 0 Å². The molecule has 1 aliphatic heterocycles. The van der Waals surface area contributed by atoms with Gasteiger partial charge >= 0.3 is 5.97 Å². The third-order valence-electron chi connectivity index (χ3n) is 4.51. The van der Waals surface area contributed by atoms with E-state index in [1.807, 2.05) is 26.1 Å². The second-order valence-corrected chi connectivity index (χ2v) is 5.60. The molecule has 2 aliphatic rings. The van der Waals surface area contributed by atoms with Crippen LogP contribution in [0.25, 0.3) is 10.9 Å². The SMILES string of the molecule is CNC1Cc2c[nH]c3cccc(c23)[C@@]12C=C(C)C(=O)O2. The van der Waals surface area contributed by atoms with Crippen molar-refractivity contribution in [1.29, 1.82) is 0 Å². The molecule has 0 fully saturated rings. The van der Waals surface area contributed by atoms with Gasteiger partial charge in [-0.05, 0) is 38.1 Å². The van der Waals surface area contributed by atoms with Gasteiger partial charge in [-0.3, -0.25) is 0 Å². The van der Waals surface area contributed by atoms with Gasteiger partial charge < -0.3 is 15.0 Å². The second-order valence-electron chi connectivity index (χ2n) is 5.60. The van der Waals surface area contributed by atoms with Gasteiger partial charge in [-0.25, -0.2) is 4.79 Å². The maximum absolute atomic E-state index is 12.0. The van der Waals surface area contributed by atoms with Crippen molar-refractivity contribution in [3.8, 4) is 0 Å². The molecule has 2 N–H and O–H groups in total. The molecule has 20 heavy (non-hydrogen) atoms. The van der Waals surface area contributed by atoms with Crippen LogP contribution in [0.4, 0.5) is 0 Å². The van der Waals surface area contributed by atoms with Crippen LogP contribution in [0.2, 0.25) is 0 Å². The highest BCUT2D eigenvalue weighted by Crippen LogP contribution is 2.46. The lowest BCUT2D eigenvalue weighted by atomic mass is 9.76. The molecule has 0 bridgehead atoms. The predicted octanol–water partition coefficient (Wildman–Crippen LogP) is 2.01. The number of nitrogens with one attached hydrogen (secondary N) is 2. The number of carbonyl (C=O) groups excluding carboxylic acids is 1. The van der Waals surface area contributed by atoms with Crippen LogP contribution in [-0.4, -0.2) is 24.0 Å². The van der Waals surface area contributed by atoms with Crippen molar-refractivity contribution in [2.24, 2.45) is 0 Å². The van der Waals surface area contributed by atoms with Gasteiger partial charge in [0.2, 0.25) is 0 Å². The van der Waals surface area contributed by atoms with Gasteiger partial charge in [-0.1, -0.05) is 12.1 Å². The average molecular weight is 268 g/mol. The quantitative estimate of drug-likeness (QED) is 0.778. The Morgan fingerprint density at radius 1 is 1.45 bits per heavy atom. The van der Waals surface area contributed by atoms with E-state index in [-0.39, 0.29) is 12.0 Å². The zero-order valence-electron chi connectivity index (χ0n) is 11.5. The molecule has 4 nitrogen and oxygen atoms in total. The standard InChI is InChI=1S/C16H16N2O2/c1-9-7-16(20-15(9)19)11-4-3-5-12-14(11)10(8-18-12)6-13(16)17-2/h3-5,7-8,13,17-18H,6H2,1-2H3/t13?,16-/m0/s1. The van der Waals surface area contributed by atoms with Gasteiger partial charge in [-0.15, -0.1) is 0 Å². The monoisotopic (exact) mass is 268 g/mol. The normalized spacial score (nSPS) is 28.0. The third-order valence-corrected chi connectivity index (χ3v) is 4.51. The summed E-state index contributed by atoms with van der Waals surface area (Å²) >= 11 is 0. The van der Waals surface area contributed by atoms with Crippen molar-refractivity contribution < 1.29 is 9.53 Å². The van der Waals surface area contributed by atoms with Crippen molar-refractivity contribution in [3.63, 3.8) is 0 Å². The number of carbonyl (C=O) groups is 1. The molecule has 0 saturated carbocycles. The summed E-state index contributed by atoms with van der Waals surface area (Å²) in [4.78, 5) is 15.3. The number of aromatic amines is 1. The summed E-state index contributed by atoms with van der Waals surface area (Å²) in [6.45, 7) is 1.82. The zero-order chi connectivity index (χ0) is 13.9. The Labute approximate surface area is 116 Å². The number of hydrogen-bond acceptors (Lipinski definition) is 3. The number of aromatic nitrogens is 1. The summed E-state index contributed by atoms with van der Waals surface area (Å²) in [7, 11) is 1.92. The molecule has 2 heterocycles. The first-order valence-electron chi connectivity index (χ1n) is 6.85. The third kappa shape index (κ3) is 1.27. The van der Waals surface area contributed by atoms with Crippen LogP contribution in [-0.2, 0) is 21.6 Å². The van der Waals surface area contributed by atoms with Crippen LogP contribution >= 0.6 is 0 Å². The lowest BCUT2D eigenvalue weighted by Gasteiger charge is -2.39. The van der Waals surface area contributed by atoms with E-state index in [0.717, 1.165) is 17.5 Å². The molecule has 0 saturated heterocycles. The maximum Gasteiger partial charge on any atom is 0.334 e. The van der Waals surface area contributed by atoms with Gasteiger partial charge in [0, 0.05) is 28.2 Å². The van der Waals surface area contributed by atoms with Crippen molar-refractivity contribution in [2.75, 3.05) is 7.05 Å². The topological polar surface area (TPSA) is 54.1 Å². The highest BCUT2D eigenvalue weighted by atomic mass is 16.6. The Balaban J connectivity index is 2.06. The van der Waals surface area contributed by atoms with E-state index in [1.54, 1.807) is 0 Å². The average Bonchev–Trinajstić information content (AvgIpc) is 2.98. The molecular formula is C16H16N2O2. The Morgan fingerprint density at radius 3 is 3.00 bits per heavy atom. The molecule has 2 atom stereocenters. The molecule has 4 heteroatoms. The Morgan fingerprint density at radius 2 is 2.30 bits per heavy atom. The number of fused-ring (bicyclic) bond motifs is 1. The molecule has 1 aliphatic carbocycles. The molecule has 1 unspecified atom stereocenters. The number of likely N-dealkylation sites (N-methyl/N-ethyl adjacent to an activating group) is 1. The van der Waals surface area contributed by atoms with Crippen LogP contribution in [0.3, 0.4) is 0 Å². The van der Waals surface area contributed by atoms with Crippen LogP contribution in [0.5, 0.6) is 0 Å². The number of esters is 1. The van der Waals surface area contributed by atoms with Gasteiger partial charge in [0.25, 0.3) is 0 Å². The Hall–Kier alpha value is -2.07. The molecule has 1 spiro atoms. The van der Waals surface area contributed by atoms with Crippen LogP contribution in [0.15, 0.2) is 36.0 Å². The van der Waals surface area contributed by atoms with Crippen molar-refractivity contribution in [2.45, 2.75) is 25.0 Å². The first-order valence-corrected chi connectivity index (χ1v) is 6.85. The fourth-order valence-corrected chi connectivity index (χ4v) is 3.57. The van der Waals surface area contributed by atoms with E-state index < -0.39 is 5.60 Å². The molecule has 4 rings (SSSR count). The maximum atomic E-state index is 12.0. The smallest absolute Gasteiger partial charge is 0.334 e. The second kappa shape index (κ2) is 3.73. The highest BCUT2D eigenvalue weighted by molar-refractivity contribution is 5.95. The van der Waals surface area contributed by atoms with Gasteiger partial charge in [0.15, 0.2) is 5.60 Å². The minimum absolute atomic E-state index is 0.0535. The Bertz CT molecular complexity index is 759. The summed E-state index contributed by atoms with van der Waals surface area (Å²) in [5.41, 5.74) is 3.45. The number of benzene rings is 1. The van der Waals surface area contributed by atoms with Crippen LogP contribution in [0.1, 0.15) is 18.1 Å². The fourth-order valence-electron chi connectivity index (χ4n) is 3.57. The van der Waals surface area contributed by atoms with Gasteiger partial charge in [-0.2, -0.15) is 0 Å². The molecular weight excluding hydrogens is 252 g/mol. The number of hydrogen-bond donors (Lipinski definition) is 2. The molecule has 2 aromatic rings. The predicted molar refractivity (Wildman–Crippen MR) is 76.4 cm³/mol. The van der Waals surface area contributed by atoms with Crippen molar-refractivity contribution in [1.82, 2.24) is 10.3 Å². The minimum atomic E-state index is -0.676. The van der Waals surface area contributed by atoms with Crippen molar-refractivity contribution in [3.05, 3.63) is 47.2 Å². The van der Waals surface area contributed by atoms with Crippen molar-refractivity contribution >= 4 is 16.9 Å². The first-order chi connectivity index (χ1) is 9.65. The number of H-pyrrole nitrogens is 1. The summed E-state index contributed by atoms with van der Waals surface area (Å²) < 4.78 is 5.81. The van der Waals surface area contributed by atoms with E-state index in [2.05, 4.69) is 28.6 Å². The molecule has 0 amide bonds. The molecule has 0 radical (unpaired) electrons. The summed E-state index contributed by atoms with van der Waals surface area (Å²) in [6, 6.07) is 6.18. The minimum Gasteiger partial charge on any atom is -0.445 e. The lowest BCUT2D eigenvalue weighted by molar-refractivity contribution is -0.149. The Kier molecular flexibility index (Phi) is 2.19. The largest absolute Gasteiger partial charge is 0.445 e.